The van der Waals surface area contributed by atoms with Gasteiger partial charge in [0, 0.05) is 19.0 Å². The van der Waals surface area contributed by atoms with Gasteiger partial charge >= 0.3 is 6.18 Å². The fraction of sp³-hybridized carbons (Fsp3) is 0.214. The molecular formula is C14H11F3N4OS. The maximum atomic E-state index is 12.5. The molecule has 2 aromatic heterocycles. The fourth-order valence-electron chi connectivity index (χ4n) is 1.84. The van der Waals surface area contributed by atoms with Gasteiger partial charge in [-0.3, -0.25) is 4.68 Å². The fourth-order valence-corrected chi connectivity index (χ4v) is 2.55. The van der Waals surface area contributed by atoms with Crippen LogP contribution < -0.4 is 0 Å². The Hall–Kier alpha value is -2.29. The van der Waals surface area contributed by atoms with E-state index in [0.29, 0.717) is 22.6 Å². The molecular weight excluding hydrogens is 329 g/mol. The molecule has 0 amide bonds. The van der Waals surface area contributed by atoms with E-state index in [0.717, 1.165) is 17.7 Å². The van der Waals surface area contributed by atoms with E-state index in [1.165, 1.54) is 23.9 Å². The Morgan fingerprint density at radius 2 is 1.87 bits per heavy atom. The van der Waals surface area contributed by atoms with Gasteiger partial charge in [0.2, 0.25) is 0 Å². The van der Waals surface area contributed by atoms with E-state index in [4.69, 9.17) is 4.42 Å². The summed E-state index contributed by atoms with van der Waals surface area (Å²) in [4.78, 5) is 0. The first-order valence-corrected chi connectivity index (χ1v) is 7.53. The zero-order valence-corrected chi connectivity index (χ0v) is 12.7. The van der Waals surface area contributed by atoms with Gasteiger partial charge in [-0.25, -0.2) is 0 Å². The Balaban J connectivity index is 1.64. The normalized spacial score (nSPS) is 11.8. The Labute approximate surface area is 133 Å². The summed E-state index contributed by atoms with van der Waals surface area (Å²) >= 11 is 1.25. The van der Waals surface area contributed by atoms with E-state index in [1.54, 1.807) is 24.0 Å². The third-order valence-corrected chi connectivity index (χ3v) is 3.87. The van der Waals surface area contributed by atoms with Crippen LogP contribution in [0.3, 0.4) is 0 Å². The zero-order valence-electron chi connectivity index (χ0n) is 11.9. The number of rotatable bonds is 4. The molecule has 0 fully saturated rings. The maximum Gasteiger partial charge on any atom is 0.416 e. The second-order valence-corrected chi connectivity index (χ2v) is 5.66. The molecule has 0 aliphatic heterocycles. The third-order valence-electron chi connectivity index (χ3n) is 2.98. The van der Waals surface area contributed by atoms with Crippen molar-refractivity contribution >= 4 is 11.8 Å². The van der Waals surface area contributed by atoms with Crippen molar-refractivity contribution in [1.82, 2.24) is 20.0 Å². The molecule has 120 valence electrons. The molecule has 2 heterocycles. The predicted molar refractivity (Wildman–Crippen MR) is 77.5 cm³/mol. The highest BCUT2D eigenvalue weighted by Gasteiger charge is 2.29. The first kappa shape index (κ1) is 15.6. The van der Waals surface area contributed by atoms with Crippen LogP contribution >= 0.6 is 11.8 Å². The van der Waals surface area contributed by atoms with Crippen LogP contribution in [0, 0.1) is 0 Å². The molecule has 5 nitrogen and oxygen atoms in total. The Morgan fingerprint density at radius 3 is 2.48 bits per heavy atom. The second kappa shape index (κ2) is 6.07. The van der Waals surface area contributed by atoms with Gasteiger partial charge in [0.1, 0.15) is 5.69 Å². The van der Waals surface area contributed by atoms with Gasteiger partial charge in [-0.05, 0) is 23.8 Å². The monoisotopic (exact) mass is 340 g/mol. The number of hydrogen-bond donors (Lipinski definition) is 0. The summed E-state index contributed by atoms with van der Waals surface area (Å²) in [5.74, 6) is 0.739. The summed E-state index contributed by atoms with van der Waals surface area (Å²) in [5.41, 5.74) is 0.642. The molecule has 0 atom stereocenters. The van der Waals surface area contributed by atoms with Gasteiger partial charge in [-0.1, -0.05) is 23.9 Å². The van der Waals surface area contributed by atoms with Gasteiger partial charge in [-0.15, -0.1) is 10.2 Å². The molecule has 3 aromatic rings. The Kier molecular flexibility index (Phi) is 4.12. The number of aromatic nitrogens is 4. The largest absolute Gasteiger partial charge is 0.416 e. The summed E-state index contributed by atoms with van der Waals surface area (Å²) in [6, 6.07) is 6.74. The van der Waals surface area contributed by atoms with Crippen LogP contribution in [0.2, 0.25) is 0 Å². The molecule has 0 saturated carbocycles. The van der Waals surface area contributed by atoms with Crippen LogP contribution in [-0.2, 0) is 19.0 Å². The molecule has 1 aromatic carbocycles. The van der Waals surface area contributed by atoms with Crippen molar-refractivity contribution in [1.29, 1.82) is 0 Å². The summed E-state index contributed by atoms with van der Waals surface area (Å²) in [5, 5.41) is 12.3. The van der Waals surface area contributed by atoms with E-state index >= 15 is 0 Å². The first-order chi connectivity index (χ1) is 10.9. The Morgan fingerprint density at radius 1 is 1.13 bits per heavy atom. The molecule has 0 aliphatic carbocycles. The lowest BCUT2D eigenvalue weighted by molar-refractivity contribution is -0.137. The molecule has 3 rings (SSSR count). The topological polar surface area (TPSA) is 56.7 Å². The molecule has 0 aliphatic rings. The average Bonchev–Trinajstić information content (AvgIpc) is 3.13. The highest BCUT2D eigenvalue weighted by atomic mass is 32.2. The van der Waals surface area contributed by atoms with E-state index in [1.807, 2.05) is 0 Å². The Bertz CT molecular complexity index is 795. The summed E-state index contributed by atoms with van der Waals surface area (Å²) in [7, 11) is 1.78. The van der Waals surface area contributed by atoms with E-state index in [9.17, 15) is 13.2 Å². The summed E-state index contributed by atoms with van der Waals surface area (Å²) in [6.45, 7) is 0. The van der Waals surface area contributed by atoms with Crippen molar-refractivity contribution < 1.29 is 17.6 Å². The molecule has 0 bridgehead atoms. The minimum Gasteiger partial charge on any atom is -0.410 e. The van der Waals surface area contributed by atoms with Crippen molar-refractivity contribution in [3.63, 3.8) is 0 Å². The van der Waals surface area contributed by atoms with E-state index in [2.05, 4.69) is 15.3 Å². The van der Waals surface area contributed by atoms with Gasteiger partial charge in [0.15, 0.2) is 0 Å². The molecule has 0 saturated heterocycles. The van der Waals surface area contributed by atoms with E-state index < -0.39 is 11.7 Å². The predicted octanol–water partition coefficient (Wildman–Crippen LogP) is 3.78. The minimum atomic E-state index is -4.32. The number of benzene rings is 1. The van der Waals surface area contributed by atoms with Gasteiger partial charge in [0.05, 0.1) is 5.56 Å². The van der Waals surface area contributed by atoms with Gasteiger partial charge < -0.3 is 4.42 Å². The number of thioether (sulfide) groups is 1. The third kappa shape index (κ3) is 3.73. The summed E-state index contributed by atoms with van der Waals surface area (Å²) in [6.07, 6.45) is -2.57. The van der Waals surface area contributed by atoms with Crippen molar-refractivity contribution in [3.8, 4) is 11.6 Å². The molecule has 0 spiro atoms. The number of nitrogens with zero attached hydrogens (tertiary/aromatic N) is 4. The average molecular weight is 340 g/mol. The van der Waals surface area contributed by atoms with Crippen LogP contribution in [0.4, 0.5) is 13.2 Å². The van der Waals surface area contributed by atoms with Crippen LogP contribution in [-0.4, -0.2) is 20.0 Å². The second-order valence-electron chi connectivity index (χ2n) is 4.73. The van der Waals surface area contributed by atoms with Crippen LogP contribution in [0.5, 0.6) is 0 Å². The van der Waals surface area contributed by atoms with E-state index in [-0.39, 0.29) is 0 Å². The minimum absolute atomic E-state index is 0.306. The number of alkyl halides is 3. The van der Waals surface area contributed by atoms with Crippen LogP contribution in [0.1, 0.15) is 11.1 Å². The molecule has 23 heavy (non-hydrogen) atoms. The molecule has 0 unspecified atom stereocenters. The number of halogens is 3. The van der Waals surface area contributed by atoms with Crippen LogP contribution in [0.15, 0.2) is 46.2 Å². The maximum absolute atomic E-state index is 12.5. The highest BCUT2D eigenvalue weighted by molar-refractivity contribution is 7.98. The number of hydrogen-bond acceptors (Lipinski definition) is 5. The first-order valence-electron chi connectivity index (χ1n) is 6.54. The van der Waals surface area contributed by atoms with Crippen molar-refractivity contribution in [2.24, 2.45) is 7.05 Å². The SMILES string of the molecule is Cn1ccc(-c2nnc(SCc3ccc(C(F)(F)F)cc3)o2)n1. The lowest BCUT2D eigenvalue weighted by atomic mass is 10.1. The lowest BCUT2D eigenvalue weighted by Crippen LogP contribution is -2.04. The standard InChI is InChI=1S/C14H11F3N4OS/c1-21-7-6-11(20-21)12-18-19-13(22-12)23-8-9-2-4-10(5-3-9)14(15,16)17/h2-7H,8H2,1H3. The van der Waals surface area contributed by atoms with Crippen molar-refractivity contribution in [2.45, 2.75) is 17.2 Å². The van der Waals surface area contributed by atoms with Crippen molar-refractivity contribution in [2.75, 3.05) is 0 Å². The van der Waals surface area contributed by atoms with Gasteiger partial charge in [-0.2, -0.15) is 18.3 Å². The smallest absolute Gasteiger partial charge is 0.410 e. The molecule has 9 heteroatoms. The van der Waals surface area contributed by atoms with Crippen molar-refractivity contribution in [3.05, 3.63) is 47.7 Å². The number of aryl methyl sites for hydroxylation is 1. The lowest BCUT2D eigenvalue weighted by Gasteiger charge is -2.06. The highest BCUT2D eigenvalue weighted by Crippen LogP contribution is 2.30. The zero-order chi connectivity index (χ0) is 16.4. The summed E-state index contributed by atoms with van der Waals surface area (Å²) < 4.78 is 44.6. The molecule has 0 N–H and O–H groups in total. The van der Waals surface area contributed by atoms with Crippen LogP contribution in [0.25, 0.3) is 11.6 Å². The molecule has 0 radical (unpaired) electrons. The van der Waals surface area contributed by atoms with Gasteiger partial charge in [0.25, 0.3) is 11.1 Å². The quantitative estimate of drug-likeness (QED) is 0.677.